The highest BCUT2D eigenvalue weighted by molar-refractivity contribution is 7.14. The lowest BCUT2D eigenvalue weighted by atomic mass is 10.2. The van der Waals surface area contributed by atoms with E-state index in [-0.39, 0.29) is 11.8 Å². The summed E-state index contributed by atoms with van der Waals surface area (Å²) in [5.41, 5.74) is 0.664. The molecule has 9 heteroatoms. The molecule has 144 valence electrons. The fourth-order valence-corrected chi connectivity index (χ4v) is 4.07. The fraction of sp³-hybridized carbons (Fsp3) is 0.389. The van der Waals surface area contributed by atoms with E-state index in [1.165, 1.54) is 17.4 Å². The van der Waals surface area contributed by atoms with E-state index >= 15 is 0 Å². The van der Waals surface area contributed by atoms with Crippen LogP contribution >= 0.6 is 34.5 Å². The molecule has 1 aromatic heterocycles. The molecule has 1 aromatic carbocycles. The van der Waals surface area contributed by atoms with Crippen molar-refractivity contribution >= 4 is 51.5 Å². The predicted octanol–water partition coefficient (Wildman–Crippen LogP) is 3.92. The first-order chi connectivity index (χ1) is 13.0. The summed E-state index contributed by atoms with van der Waals surface area (Å²) in [5, 5.41) is 8.28. The van der Waals surface area contributed by atoms with Gasteiger partial charge in [-0.2, -0.15) is 0 Å². The van der Waals surface area contributed by atoms with Crippen LogP contribution < -0.4 is 10.6 Å². The Labute approximate surface area is 171 Å². The summed E-state index contributed by atoms with van der Waals surface area (Å²) in [4.78, 5) is 31.2. The number of carbonyl (C=O) groups is 2. The molecule has 1 atom stereocenters. The number of likely N-dealkylation sites (N-methyl/N-ethyl adjacent to an activating group) is 1. The lowest BCUT2D eigenvalue weighted by Gasteiger charge is -2.22. The topological polar surface area (TPSA) is 74.3 Å². The zero-order valence-electron chi connectivity index (χ0n) is 14.8. The quantitative estimate of drug-likeness (QED) is 0.733. The van der Waals surface area contributed by atoms with Gasteiger partial charge >= 0.3 is 0 Å². The molecule has 1 fully saturated rings. The lowest BCUT2D eigenvalue weighted by Crippen LogP contribution is -2.40. The Morgan fingerprint density at radius 1 is 1.30 bits per heavy atom. The van der Waals surface area contributed by atoms with Crippen LogP contribution in [-0.4, -0.2) is 47.4 Å². The van der Waals surface area contributed by atoms with Crippen LogP contribution in [0.2, 0.25) is 10.0 Å². The fourth-order valence-electron chi connectivity index (χ4n) is 3.09. The average Bonchev–Trinajstić information content (AvgIpc) is 3.31. The number of benzene rings is 1. The molecule has 6 nitrogen and oxygen atoms in total. The highest BCUT2D eigenvalue weighted by atomic mass is 35.5. The molecule has 1 aliphatic rings. The Morgan fingerprint density at radius 2 is 2.11 bits per heavy atom. The second kappa shape index (κ2) is 9.01. The number of amides is 2. The Bertz CT molecular complexity index is 843. The van der Waals surface area contributed by atoms with E-state index in [0.717, 1.165) is 25.9 Å². The van der Waals surface area contributed by atoms with E-state index in [2.05, 4.69) is 27.4 Å². The molecule has 27 heavy (non-hydrogen) atoms. The predicted molar refractivity (Wildman–Crippen MR) is 109 cm³/mol. The summed E-state index contributed by atoms with van der Waals surface area (Å²) in [6, 6.07) is 5.00. The van der Waals surface area contributed by atoms with Crippen LogP contribution in [0, 0.1) is 0 Å². The number of likely N-dealkylation sites (tertiary alicyclic amines) is 1. The summed E-state index contributed by atoms with van der Waals surface area (Å²) in [5.74, 6) is -0.594. The highest BCUT2D eigenvalue weighted by Crippen LogP contribution is 2.24. The number of hydrogen-bond donors (Lipinski definition) is 2. The van der Waals surface area contributed by atoms with Crippen LogP contribution in [0.25, 0.3) is 0 Å². The zero-order chi connectivity index (χ0) is 19.4. The monoisotopic (exact) mass is 426 g/mol. The van der Waals surface area contributed by atoms with E-state index in [9.17, 15) is 9.59 Å². The number of anilines is 1. The number of hydrogen-bond acceptors (Lipinski definition) is 5. The van der Waals surface area contributed by atoms with E-state index in [4.69, 9.17) is 23.2 Å². The molecule has 0 saturated carbocycles. The highest BCUT2D eigenvalue weighted by Gasteiger charge is 2.23. The van der Waals surface area contributed by atoms with Crippen molar-refractivity contribution in [2.75, 3.05) is 25.0 Å². The van der Waals surface area contributed by atoms with Gasteiger partial charge < -0.3 is 5.32 Å². The molecule has 3 rings (SSSR count). The van der Waals surface area contributed by atoms with Gasteiger partial charge in [0.05, 0.1) is 10.0 Å². The van der Waals surface area contributed by atoms with Crippen LogP contribution in [0.3, 0.4) is 0 Å². The van der Waals surface area contributed by atoms with Gasteiger partial charge in [0, 0.05) is 23.5 Å². The number of nitrogens with one attached hydrogen (secondary N) is 2. The largest absolute Gasteiger partial charge is 0.349 e. The van der Waals surface area contributed by atoms with E-state index < -0.39 is 0 Å². The van der Waals surface area contributed by atoms with Gasteiger partial charge in [-0.15, -0.1) is 11.3 Å². The number of nitrogens with zero attached hydrogens (tertiary/aromatic N) is 2. The Balaban J connectivity index is 1.56. The van der Waals surface area contributed by atoms with Crippen LogP contribution in [-0.2, 0) is 0 Å². The van der Waals surface area contributed by atoms with Crippen molar-refractivity contribution in [2.45, 2.75) is 25.8 Å². The maximum Gasteiger partial charge on any atom is 0.270 e. The Kier molecular flexibility index (Phi) is 6.70. The molecular formula is C18H20Cl2N4O2S. The molecule has 1 saturated heterocycles. The first-order valence-corrected chi connectivity index (χ1v) is 10.4. The maximum atomic E-state index is 12.3. The Morgan fingerprint density at radius 3 is 2.85 bits per heavy atom. The standard InChI is InChI=1S/C18H20Cl2N4O2S/c1-2-24-7-3-4-12(24)9-21-17(26)15-10-27-18(22-15)23-16(25)11-5-6-13(19)14(20)8-11/h5-6,8,10,12H,2-4,7,9H2,1H3,(H,21,26)(H,22,23,25)/t12-/m0/s1. The second-order valence-electron chi connectivity index (χ2n) is 6.26. The van der Waals surface area contributed by atoms with Crippen LogP contribution in [0.15, 0.2) is 23.6 Å². The third kappa shape index (κ3) is 4.99. The number of rotatable bonds is 6. The molecule has 0 aliphatic carbocycles. The van der Waals surface area contributed by atoms with Crippen molar-refractivity contribution in [3.05, 3.63) is 44.9 Å². The summed E-state index contributed by atoms with van der Waals surface area (Å²) >= 11 is 13.0. The summed E-state index contributed by atoms with van der Waals surface area (Å²) in [7, 11) is 0. The van der Waals surface area contributed by atoms with Gasteiger partial charge in [-0.3, -0.25) is 19.8 Å². The molecule has 0 spiro atoms. The molecule has 0 unspecified atom stereocenters. The van der Waals surface area contributed by atoms with Gasteiger partial charge in [0.1, 0.15) is 5.69 Å². The average molecular weight is 427 g/mol. The molecule has 0 radical (unpaired) electrons. The van der Waals surface area contributed by atoms with Crippen molar-refractivity contribution in [1.29, 1.82) is 0 Å². The minimum Gasteiger partial charge on any atom is -0.349 e. The number of aromatic nitrogens is 1. The van der Waals surface area contributed by atoms with E-state index in [1.54, 1.807) is 17.5 Å². The summed E-state index contributed by atoms with van der Waals surface area (Å²) < 4.78 is 0. The minimum atomic E-state index is -0.362. The van der Waals surface area contributed by atoms with Crippen molar-refractivity contribution in [3.8, 4) is 0 Å². The Hall–Kier alpha value is -1.67. The number of halogens is 2. The van der Waals surface area contributed by atoms with Gasteiger partial charge in [-0.25, -0.2) is 4.98 Å². The molecular weight excluding hydrogens is 407 g/mol. The molecule has 0 bridgehead atoms. The molecule has 2 N–H and O–H groups in total. The zero-order valence-corrected chi connectivity index (χ0v) is 17.1. The van der Waals surface area contributed by atoms with Gasteiger partial charge in [0.25, 0.3) is 11.8 Å². The van der Waals surface area contributed by atoms with Crippen molar-refractivity contribution in [3.63, 3.8) is 0 Å². The summed E-state index contributed by atoms with van der Waals surface area (Å²) in [6.45, 7) is 4.80. The minimum absolute atomic E-state index is 0.232. The van der Waals surface area contributed by atoms with Crippen molar-refractivity contribution in [1.82, 2.24) is 15.2 Å². The number of thiazole rings is 1. The maximum absolute atomic E-state index is 12.3. The SMILES string of the molecule is CCN1CCC[C@H]1CNC(=O)c1csc(NC(=O)c2ccc(Cl)c(Cl)c2)n1. The second-order valence-corrected chi connectivity index (χ2v) is 7.93. The van der Waals surface area contributed by atoms with E-state index in [0.29, 0.717) is 39.0 Å². The van der Waals surface area contributed by atoms with Gasteiger partial charge in [-0.1, -0.05) is 30.1 Å². The third-order valence-electron chi connectivity index (χ3n) is 4.54. The first kappa shape index (κ1) is 20.1. The van der Waals surface area contributed by atoms with Crippen LogP contribution in [0.4, 0.5) is 5.13 Å². The third-order valence-corrected chi connectivity index (χ3v) is 6.04. The van der Waals surface area contributed by atoms with Crippen LogP contribution in [0.5, 0.6) is 0 Å². The first-order valence-electron chi connectivity index (χ1n) is 8.72. The lowest BCUT2D eigenvalue weighted by molar-refractivity contribution is 0.0936. The summed E-state index contributed by atoms with van der Waals surface area (Å²) in [6.07, 6.45) is 2.26. The molecule has 2 amide bonds. The van der Waals surface area contributed by atoms with Crippen molar-refractivity contribution < 1.29 is 9.59 Å². The van der Waals surface area contributed by atoms with Gasteiger partial charge in [0.2, 0.25) is 0 Å². The normalized spacial score (nSPS) is 17.1. The van der Waals surface area contributed by atoms with Crippen molar-refractivity contribution in [2.24, 2.45) is 0 Å². The smallest absolute Gasteiger partial charge is 0.270 e. The molecule has 2 aromatic rings. The molecule has 1 aliphatic heterocycles. The number of carbonyl (C=O) groups excluding carboxylic acids is 2. The van der Waals surface area contributed by atoms with Gasteiger partial charge in [0.15, 0.2) is 5.13 Å². The van der Waals surface area contributed by atoms with Gasteiger partial charge in [-0.05, 0) is 44.1 Å². The van der Waals surface area contributed by atoms with Crippen LogP contribution in [0.1, 0.15) is 40.6 Å². The molecule has 2 heterocycles. The van der Waals surface area contributed by atoms with E-state index in [1.807, 2.05) is 0 Å².